The third-order valence-corrected chi connectivity index (χ3v) is 4.66. The van der Waals surface area contributed by atoms with E-state index in [1.54, 1.807) is 32.4 Å². The summed E-state index contributed by atoms with van der Waals surface area (Å²) in [4.78, 5) is 0. The van der Waals surface area contributed by atoms with Crippen molar-refractivity contribution in [1.29, 1.82) is 0 Å². The molecular formula is C23H24O4. The maximum Gasteiger partial charge on any atom is 0.123 e. The van der Waals surface area contributed by atoms with Gasteiger partial charge in [0, 0.05) is 18.1 Å². The van der Waals surface area contributed by atoms with Crippen molar-refractivity contribution < 1.29 is 19.7 Å². The van der Waals surface area contributed by atoms with Crippen LogP contribution >= 0.6 is 0 Å². The SMILES string of the molecule is COc1cccc(CCc2cc(OC)cc(O)c2Cc2ccc(O)cc2)c1. The molecule has 140 valence electrons. The first kappa shape index (κ1) is 18.6. The number of aromatic hydroxyl groups is 2. The van der Waals surface area contributed by atoms with Gasteiger partial charge in [0.25, 0.3) is 0 Å². The average Bonchev–Trinajstić information content (AvgIpc) is 2.69. The zero-order valence-corrected chi connectivity index (χ0v) is 15.6. The van der Waals surface area contributed by atoms with Crippen LogP contribution in [0.15, 0.2) is 60.7 Å². The number of hydrogen-bond donors (Lipinski definition) is 2. The molecule has 2 N–H and O–H groups in total. The molecule has 0 amide bonds. The predicted molar refractivity (Wildman–Crippen MR) is 106 cm³/mol. The second-order valence-electron chi connectivity index (χ2n) is 6.48. The van der Waals surface area contributed by atoms with E-state index in [9.17, 15) is 10.2 Å². The van der Waals surface area contributed by atoms with E-state index >= 15 is 0 Å². The topological polar surface area (TPSA) is 58.9 Å². The number of benzene rings is 3. The van der Waals surface area contributed by atoms with Crippen LogP contribution in [-0.4, -0.2) is 24.4 Å². The van der Waals surface area contributed by atoms with Crippen LogP contribution in [0.5, 0.6) is 23.0 Å². The highest BCUT2D eigenvalue weighted by Gasteiger charge is 2.12. The lowest BCUT2D eigenvalue weighted by molar-refractivity contribution is 0.405. The number of hydrogen-bond acceptors (Lipinski definition) is 4. The summed E-state index contributed by atoms with van der Waals surface area (Å²) in [5.74, 6) is 1.94. The fourth-order valence-corrected chi connectivity index (χ4v) is 3.16. The van der Waals surface area contributed by atoms with Gasteiger partial charge in [0.1, 0.15) is 23.0 Å². The molecule has 0 aliphatic heterocycles. The summed E-state index contributed by atoms with van der Waals surface area (Å²) in [6, 6.07) is 18.7. The molecule has 0 spiro atoms. The molecule has 0 fully saturated rings. The molecule has 0 atom stereocenters. The Hall–Kier alpha value is -3.14. The van der Waals surface area contributed by atoms with Crippen molar-refractivity contribution >= 4 is 0 Å². The van der Waals surface area contributed by atoms with Gasteiger partial charge in [-0.25, -0.2) is 0 Å². The second kappa shape index (κ2) is 8.49. The van der Waals surface area contributed by atoms with Gasteiger partial charge in [-0.05, 0) is 59.9 Å². The van der Waals surface area contributed by atoms with Crippen LogP contribution in [0.25, 0.3) is 0 Å². The van der Waals surface area contributed by atoms with Crippen LogP contribution in [0, 0.1) is 0 Å². The summed E-state index contributed by atoms with van der Waals surface area (Å²) in [6.07, 6.45) is 2.18. The fraction of sp³-hybridized carbons (Fsp3) is 0.217. The number of methoxy groups -OCH3 is 2. The first-order valence-electron chi connectivity index (χ1n) is 8.88. The van der Waals surface area contributed by atoms with Gasteiger partial charge in [-0.3, -0.25) is 0 Å². The van der Waals surface area contributed by atoms with Gasteiger partial charge in [0.05, 0.1) is 14.2 Å². The Morgan fingerprint density at radius 1 is 0.741 bits per heavy atom. The minimum atomic E-state index is 0.225. The molecule has 0 aliphatic carbocycles. The van der Waals surface area contributed by atoms with Crippen molar-refractivity contribution in [3.05, 3.63) is 82.9 Å². The van der Waals surface area contributed by atoms with Crippen LogP contribution < -0.4 is 9.47 Å². The zero-order chi connectivity index (χ0) is 19.2. The molecule has 4 nitrogen and oxygen atoms in total. The summed E-state index contributed by atoms with van der Waals surface area (Å²) >= 11 is 0. The molecule has 0 aliphatic rings. The Morgan fingerprint density at radius 2 is 1.48 bits per heavy atom. The Morgan fingerprint density at radius 3 is 2.19 bits per heavy atom. The van der Waals surface area contributed by atoms with E-state index in [4.69, 9.17) is 9.47 Å². The summed E-state index contributed by atoms with van der Waals surface area (Å²) in [5, 5.41) is 20.0. The third-order valence-electron chi connectivity index (χ3n) is 4.66. The molecule has 0 aromatic heterocycles. The summed E-state index contributed by atoms with van der Waals surface area (Å²) in [7, 11) is 3.26. The Labute approximate surface area is 159 Å². The summed E-state index contributed by atoms with van der Waals surface area (Å²) in [6.45, 7) is 0. The van der Waals surface area contributed by atoms with E-state index in [2.05, 4.69) is 6.07 Å². The number of phenols is 2. The molecule has 0 radical (unpaired) electrons. The van der Waals surface area contributed by atoms with E-state index in [1.165, 1.54) is 5.56 Å². The standard InChI is InChI=1S/C23H24O4/c1-26-20-5-3-4-16(12-20)6-9-18-14-21(27-2)15-23(25)22(18)13-17-7-10-19(24)11-8-17/h3-5,7-8,10-12,14-15,24-25H,6,9,13H2,1-2H3. The molecular weight excluding hydrogens is 340 g/mol. The highest BCUT2D eigenvalue weighted by molar-refractivity contribution is 5.48. The molecule has 0 saturated heterocycles. The van der Waals surface area contributed by atoms with Crippen molar-refractivity contribution in [2.24, 2.45) is 0 Å². The van der Waals surface area contributed by atoms with Crippen LogP contribution in [0.2, 0.25) is 0 Å². The first-order chi connectivity index (χ1) is 13.1. The molecule has 0 unspecified atom stereocenters. The lowest BCUT2D eigenvalue weighted by Crippen LogP contribution is -2.01. The lowest BCUT2D eigenvalue weighted by Gasteiger charge is -2.14. The Kier molecular flexibility index (Phi) is 5.87. The molecule has 3 aromatic rings. The van der Waals surface area contributed by atoms with E-state index in [0.29, 0.717) is 12.2 Å². The van der Waals surface area contributed by atoms with Gasteiger partial charge in [-0.15, -0.1) is 0 Å². The van der Waals surface area contributed by atoms with Gasteiger partial charge < -0.3 is 19.7 Å². The molecule has 0 heterocycles. The van der Waals surface area contributed by atoms with Crippen LogP contribution in [0.3, 0.4) is 0 Å². The van der Waals surface area contributed by atoms with E-state index in [0.717, 1.165) is 35.3 Å². The van der Waals surface area contributed by atoms with Gasteiger partial charge in [-0.1, -0.05) is 24.3 Å². The quantitative estimate of drug-likeness (QED) is 0.648. The maximum atomic E-state index is 10.5. The average molecular weight is 364 g/mol. The minimum Gasteiger partial charge on any atom is -0.508 e. The highest BCUT2D eigenvalue weighted by atomic mass is 16.5. The smallest absolute Gasteiger partial charge is 0.123 e. The van der Waals surface area contributed by atoms with Crippen molar-refractivity contribution in [3.63, 3.8) is 0 Å². The molecule has 0 bridgehead atoms. The number of phenolic OH excluding ortho intramolecular Hbond substituents is 2. The second-order valence-corrected chi connectivity index (χ2v) is 6.48. The largest absolute Gasteiger partial charge is 0.508 e. The minimum absolute atomic E-state index is 0.225. The van der Waals surface area contributed by atoms with Crippen LogP contribution in [0.1, 0.15) is 22.3 Å². The Balaban J connectivity index is 1.87. The maximum absolute atomic E-state index is 10.5. The van der Waals surface area contributed by atoms with Crippen LogP contribution in [-0.2, 0) is 19.3 Å². The van der Waals surface area contributed by atoms with Gasteiger partial charge in [0.2, 0.25) is 0 Å². The number of rotatable bonds is 7. The predicted octanol–water partition coefficient (Wildman–Crippen LogP) is 4.49. The van der Waals surface area contributed by atoms with Crippen molar-refractivity contribution in [3.8, 4) is 23.0 Å². The van der Waals surface area contributed by atoms with E-state index < -0.39 is 0 Å². The Bertz CT molecular complexity index is 901. The monoisotopic (exact) mass is 364 g/mol. The summed E-state index contributed by atoms with van der Waals surface area (Å²) in [5.41, 5.74) is 4.12. The number of ether oxygens (including phenoxy) is 2. The van der Waals surface area contributed by atoms with Crippen molar-refractivity contribution in [2.75, 3.05) is 14.2 Å². The molecule has 4 heteroatoms. The van der Waals surface area contributed by atoms with E-state index in [-0.39, 0.29) is 11.5 Å². The van der Waals surface area contributed by atoms with Gasteiger partial charge in [0.15, 0.2) is 0 Å². The third kappa shape index (κ3) is 4.73. The molecule has 3 rings (SSSR count). The fourth-order valence-electron chi connectivity index (χ4n) is 3.16. The van der Waals surface area contributed by atoms with E-state index in [1.807, 2.05) is 36.4 Å². The van der Waals surface area contributed by atoms with Gasteiger partial charge in [-0.2, -0.15) is 0 Å². The highest BCUT2D eigenvalue weighted by Crippen LogP contribution is 2.31. The normalized spacial score (nSPS) is 10.6. The van der Waals surface area contributed by atoms with Crippen molar-refractivity contribution in [2.45, 2.75) is 19.3 Å². The summed E-state index contributed by atoms with van der Waals surface area (Å²) < 4.78 is 10.6. The molecule has 27 heavy (non-hydrogen) atoms. The lowest BCUT2D eigenvalue weighted by atomic mass is 9.94. The first-order valence-corrected chi connectivity index (χ1v) is 8.88. The zero-order valence-electron chi connectivity index (χ0n) is 15.6. The number of aryl methyl sites for hydroxylation is 2. The van der Waals surface area contributed by atoms with Crippen molar-refractivity contribution in [1.82, 2.24) is 0 Å². The van der Waals surface area contributed by atoms with Gasteiger partial charge >= 0.3 is 0 Å². The van der Waals surface area contributed by atoms with Crippen LogP contribution in [0.4, 0.5) is 0 Å². The molecule has 3 aromatic carbocycles. The molecule has 0 saturated carbocycles.